The molecule has 0 radical (unpaired) electrons. The smallest absolute Gasteiger partial charge is 0.147 e. The molecule has 14 heavy (non-hydrogen) atoms. The minimum absolute atomic E-state index is 0.102. The first-order chi connectivity index (χ1) is 6.77. The van der Waals surface area contributed by atoms with Gasteiger partial charge in [-0.25, -0.2) is 0 Å². The van der Waals surface area contributed by atoms with E-state index in [1.54, 1.807) is 18.4 Å². The van der Waals surface area contributed by atoms with Crippen LogP contribution in [0.2, 0.25) is 0 Å². The summed E-state index contributed by atoms with van der Waals surface area (Å²) in [6.07, 6.45) is 1.88. The quantitative estimate of drug-likeness (QED) is 0.756. The zero-order valence-corrected chi connectivity index (χ0v) is 7.81. The summed E-state index contributed by atoms with van der Waals surface area (Å²) in [6, 6.07) is 3.41. The van der Waals surface area contributed by atoms with Gasteiger partial charge in [0.2, 0.25) is 0 Å². The summed E-state index contributed by atoms with van der Waals surface area (Å²) >= 11 is 0. The van der Waals surface area contributed by atoms with Crippen LogP contribution in [-0.4, -0.2) is 25.0 Å². The Morgan fingerprint density at radius 2 is 2.43 bits per heavy atom. The number of nitrogens with two attached hydrogens (primary N) is 1. The van der Waals surface area contributed by atoms with E-state index in [9.17, 15) is 4.79 Å². The lowest BCUT2D eigenvalue weighted by Crippen LogP contribution is -2.34. The van der Waals surface area contributed by atoms with Crippen molar-refractivity contribution in [2.45, 2.75) is 12.5 Å². The molecule has 4 heteroatoms. The first-order valence-corrected chi connectivity index (χ1v) is 4.66. The van der Waals surface area contributed by atoms with Crippen LogP contribution in [0.25, 0.3) is 0 Å². The lowest BCUT2D eigenvalue weighted by Gasteiger charge is -2.10. The van der Waals surface area contributed by atoms with Gasteiger partial charge in [0.25, 0.3) is 0 Å². The Balaban J connectivity index is 1.95. The fraction of sp³-hybridized carbons (Fsp3) is 0.500. The summed E-state index contributed by atoms with van der Waals surface area (Å²) in [5, 5.41) is 0. The molecule has 0 aromatic carbocycles. The minimum Gasteiger partial charge on any atom is -0.469 e. The van der Waals surface area contributed by atoms with Crippen molar-refractivity contribution in [3.63, 3.8) is 0 Å². The molecule has 2 unspecified atom stereocenters. The van der Waals surface area contributed by atoms with E-state index in [1.807, 2.05) is 0 Å². The predicted molar refractivity (Wildman–Crippen MR) is 49.7 cm³/mol. The molecule has 0 bridgehead atoms. The maximum Gasteiger partial charge on any atom is 0.147 e. The molecule has 2 N–H and O–H groups in total. The lowest BCUT2D eigenvalue weighted by molar-refractivity contribution is -0.122. The summed E-state index contributed by atoms with van der Waals surface area (Å²) in [5.41, 5.74) is 5.73. The molecule has 4 nitrogen and oxygen atoms in total. The maximum absolute atomic E-state index is 11.7. The van der Waals surface area contributed by atoms with Crippen molar-refractivity contribution in [3.05, 3.63) is 24.2 Å². The largest absolute Gasteiger partial charge is 0.469 e. The molecular formula is C10H13NO3. The van der Waals surface area contributed by atoms with Crippen molar-refractivity contribution >= 4 is 5.78 Å². The molecule has 1 fully saturated rings. The van der Waals surface area contributed by atoms with E-state index in [0.717, 1.165) is 0 Å². The van der Waals surface area contributed by atoms with Crippen LogP contribution < -0.4 is 5.73 Å². The third kappa shape index (κ3) is 1.86. The molecule has 2 rings (SSSR count). The number of carbonyl (C=O) groups excluding carboxylic acids is 1. The summed E-state index contributed by atoms with van der Waals surface area (Å²) in [5.74, 6) is 0.624. The molecule has 0 spiro atoms. The summed E-state index contributed by atoms with van der Waals surface area (Å²) in [6.45, 7) is 0.926. The fourth-order valence-electron chi connectivity index (χ4n) is 1.62. The van der Waals surface area contributed by atoms with Crippen molar-refractivity contribution in [3.8, 4) is 0 Å². The van der Waals surface area contributed by atoms with Gasteiger partial charge in [0, 0.05) is 6.04 Å². The molecule has 1 aliphatic rings. The van der Waals surface area contributed by atoms with Crippen molar-refractivity contribution < 1.29 is 13.9 Å². The average Bonchev–Trinajstić information content (AvgIpc) is 2.75. The Kier molecular flexibility index (Phi) is 2.65. The number of carbonyl (C=O) groups is 1. The Bertz CT molecular complexity index is 307. The van der Waals surface area contributed by atoms with Gasteiger partial charge in [0.1, 0.15) is 11.5 Å². The normalized spacial score (nSPS) is 26.6. The molecule has 2 atom stereocenters. The van der Waals surface area contributed by atoms with E-state index in [2.05, 4.69) is 0 Å². The summed E-state index contributed by atoms with van der Waals surface area (Å²) < 4.78 is 10.2. The van der Waals surface area contributed by atoms with E-state index in [1.165, 1.54) is 0 Å². The number of hydrogen-bond acceptors (Lipinski definition) is 4. The topological polar surface area (TPSA) is 65.5 Å². The highest BCUT2D eigenvalue weighted by molar-refractivity contribution is 5.83. The fourth-order valence-corrected chi connectivity index (χ4v) is 1.62. The maximum atomic E-state index is 11.7. The van der Waals surface area contributed by atoms with Crippen LogP contribution in [0.5, 0.6) is 0 Å². The third-order valence-corrected chi connectivity index (χ3v) is 2.47. The second kappa shape index (κ2) is 3.94. The van der Waals surface area contributed by atoms with E-state index in [4.69, 9.17) is 14.9 Å². The highest BCUT2D eigenvalue weighted by atomic mass is 16.5. The van der Waals surface area contributed by atoms with E-state index in [-0.39, 0.29) is 17.7 Å². The standard InChI is InChI=1S/C10H13NO3/c11-9-6-13-5-8(9)10(12)4-7-2-1-3-14-7/h1-3,8-9H,4-6,11H2. The molecule has 0 aliphatic carbocycles. The van der Waals surface area contributed by atoms with E-state index in [0.29, 0.717) is 25.4 Å². The molecule has 1 aromatic rings. The Hall–Kier alpha value is -1.13. The number of ketones is 1. The number of ether oxygens (including phenoxy) is 1. The third-order valence-electron chi connectivity index (χ3n) is 2.47. The number of hydrogen-bond donors (Lipinski definition) is 1. The molecule has 1 saturated heterocycles. The van der Waals surface area contributed by atoms with Crippen molar-refractivity contribution in [2.75, 3.05) is 13.2 Å². The van der Waals surface area contributed by atoms with Crippen molar-refractivity contribution in [1.29, 1.82) is 0 Å². The minimum atomic E-state index is -0.167. The summed E-state index contributed by atoms with van der Waals surface area (Å²) in [7, 11) is 0. The van der Waals surface area contributed by atoms with Gasteiger partial charge in [0.05, 0.1) is 31.8 Å². The average molecular weight is 195 g/mol. The molecule has 1 aromatic heterocycles. The second-order valence-corrected chi connectivity index (χ2v) is 3.53. The lowest BCUT2D eigenvalue weighted by atomic mass is 9.96. The Labute approximate surface area is 82.0 Å². The van der Waals surface area contributed by atoms with Gasteiger partial charge in [-0.05, 0) is 12.1 Å². The van der Waals surface area contributed by atoms with Crippen LogP contribution in [0.3, 0.4) is 0 Å². The van der Waals surface area contributed by atoms with E-state index < -0.39 is 0 Å². The molecule has 0 saturated carbocycles. The van der Waals surface area contributed by atoms with Gasteiger partial charge in [-0.3, -0.25) is 4.79 Å². The molecule has 0 amide bonds. The number of rotatable bonds is 3. The molecular weight excluding hydrogens is 182 g/mol. The van der Waals surface area contributed by atoms with Gasteiger partial charge >= 0.3 is 0 Å². The van der Waals surface area contributed by atoms with Crippen LogP contribution in [-0.2, 0) is 16.0 Å². The van der Waals surface area contributed by atoms with Crippen LogP contribution >= 0.6 is 0 Å². The molecule has 76 valence electrons. The Morgan fingerprint density at radius 1 is 1.57 bits per heavy atom. The highest BCUT2D eigenvalue weighted by Gasteiger charge is 2.31. The van der Waals surface area contributed by atoms with Gasteiger partial charge in [-0.15, -0.1) is 0 Å². The van der Waals surface area contributed by atoms with Gasteiger partial charge < -0.3 is 14.9 Å². The number of furan rings is 1. The van der Waals surface area contributed by atoms with Crippen molar-refractivity contribution in [2.24, 2.45) is 11.7 Å². The molecule has 1 aliphatic heterocycles. The Morgan fingerprint density at radius 3 is 3.00 bits per heavy atom. The first kappa shape index (κ1) is 9.43. The van der Waals surface area contributed by atoms with Gasteiger partial charge in [-0.1, -0.05) is 0 Å². The van der Waals surface area contributed by atoms with Crippen LogP contribution in [0.15, 0.2) is 22.8 Å². The monoisotopic (exact) mass is 195 g/mol. The first-order valence-electron chi connectivity index (χ1n) is 4.66. The molecule has 2 heterocycles. The van der Waals surface area contributed by atoms with E-state index >= 15 is 0 Å². The SMILES string of the molecule is NC1COCC1C(=O)Cc1ccco1. The predicted octanol–water partition coefficient (Wildman–Crippen LogP) is 0.365. The van der Waals surface area contributed by atoms with Gasteiger partial charge in [-0.2, -0.15) is 0 Å². The zero-order chi connectivity index (χ0) is 9.97. The number of Topliss-reactive ketones (excluding diaryl/α,β-unsaturated/α-hetero) is 1. The van der Waals surface area contributed by atoms with Gasteiger partial charge in [0.15, 0.2) is 0 Å². The summed E-state index contributed by atoms with van der Waals surface area (Å²) in [4.78, 5) is 11.7. The van der Waals surface area contributed by atoms with Crippen LogP contribution in [0, 0.1) is 5.92 Å². The van der Waals surface area contributed by atoms with Crippen LogP contribution in [0.4, 0.5) is 0 Å². The van der Waals surface area contributed by atoms with Crippen molar-refractivity contribution in [1.82, 2.24) is 0 Å². The second-order valence-electron chi connectivity index (χ2n) is 3.53. The zero-order valence-electron chi connectivity index (χ0n) is 7.81. The highest BCUT2D eigenvalue weighted by Crippen LogP contribution is 2.15. The van der Waals surface area contributed by atoms with Crippen LogP contribution in [0.1, 0.15) is 5.76 Å².